The molecule has 0 atom stereocenters. The lowest BCUT2D eigenvalue weighted by molar-refractivity contribution is 0.580. The van der Waals surface area contributed by atoms with Gasteiger partial charge in [-0.1, -0.05) is 25.5 Å². The van der Waals surface area contributed by atoms with Crippen LogP contribution >= 0.6 is 12.4 Å². The number of nitrogens with zero attached hydrogens (tertiary/aromatic N) is 3. The number of sulfonamides is 1. The van der Waals surface area contributed by atoms with Crippen molar-refractivity contribution in [3.63, 3.8) is 0 Å². The minimum absolute atomic E-state index is 0. The van der Waals surface area contributed by atoms with Gasteiger partial charge in [0.1, 0.15) is 5.82 Å². The van der Waals surface area contributed by atoms with Gasteiger partial charge in [-0.05, 0) is 60.9 Å². The van der Waals surface area contributed by atoms with Gasteiger partial charge < -0.3 is 15.5 Å². The first-order chi connectivity index (χ1) is 16.0. The van der Waals surface area contributed by atoms with Crippen molar-refractivity contribution in [2.45, 2.75) is 31.1 Å². The minimum atomic E-state index is -3.64. The van der Waals surface area contributed by atoms with Gasteiger partial charge in [0.15, 0.2) is 0 Å². The molecular weight excluding hydrogens is 472 g/mol. The van der Waals surface area contributed by atoms with Crippen molar-refractivity contribution in [2.24, 2.45) is 0 Å². The van der Waals surface area contributed by atoms with E-state index in [1.807, 2.05) is 30.3 Å². The first-order valence-electron chi connectivity index (χ1n) is 11.3. The molecule has 3 aromatic rings. The normalized spacial score (nSPS) is 13.7. The number of rotatable bonds is 9. The number of hydrogen-bond donors (Lipinski definition) is 3. The van der Waals surface area contributed by atoms with E-state index in [0.717, 1.165) is 56.7 Å². The van der Waals surface area contributed by atoms with E-state index in [1.54, 1.807) is 30.5 Å². The second kappa shape index (κ2) is 12.0. The van der Waals surface area contributed by atoms with E-state index in [4.69, 9.17) is 0 Å². The van der Waals surface area contributed by atoms with Crippen molar-refractivity contribution >= 4 is 45.6 Å². The van der Waals surface area contributed by atoms with Crippen LogP contribution in [0.15, 0.2) is 65.7 Å². The molecule has 0 spiro atoms. The predicted octanol–water partition coefficient (Wildman–Crippen LogP) is 4.20. The highest BCUT2D eigenvalue weighted by molar-refractivity contribution is 7.92. The van der Waals surface area contributed by atoms with Crippen molar-refractivity contribution in [2.75, 3.05) is 41.1 Å². The Bertz CT molecular complexity index is 1150. The van der Waals surface area contributed by atoms with E-state index in [1.165, 1.54) is 0 Å². The zero-order valence-electron chi connectivity index (χ0n) is 19.2. The molecule has 1 aliphatic rings. The monoisotopic (exact) mass is 502 g/mol. The molecule has 8 nitrogen and oxygen atoms in total. The molecule has 1 fully saturated rings. The molecule has 0 unspecified atom stereocenters. The number of unbranched alkanes of at least 4 members (excludes halogenated alkanes) is 1. The maximum Gasteiger partial charge on any atom is 0.261 e. The highest BCUT2D eigenvalue weighted by Gasteiger charge is 2.15. The van der Waals surface area contributed by atoms with Gasteiger partial charge in [0.25, 0.3) is 10.0 Å². The molecule has 0 radical (unpaired) electrons. The van der Waals surface area contributed by atoms with Crippen LogP contribution in [0.1, 0.15) is 25.3 Å². The van der Waals surface area contributed by atoms with E-state index in [2.05, 4.69) is 37.1 Å². The number of aromatic nitrogens is 2. The van der Waals surface area contributed by atoms with Gasteiger partial charge in [0.2, 0.25) is 5.95 Å². The lowest BCUT2D eigenvalue weighted by Crippen LogP contribution is -2.44. The number of hydrogen-bond acceptors (Lipinski definition) is 7. The lowest BCUT2D eigenvalue weighted by atomic mass is 10.1. The molecule has 0 saturated carbocycles. The molecule has 34 heavy (non-hydrogen) atoms. The molecule has 0 bridgehead atoms. The Hall–Kier alpha value is -2.88. The molecule has 3 N–H and O–H groups in total. The van der Waals surface area contributed by atoms with Gasteiger partial charge in [-0.15, -0.1) is 12.4 Å². The first kappa shape index (κ1) is 25.7. The molecule has 10 heteroatoms. The van der Waals surface area contributed by atoms with Gasteiger partial charge in [0.05, 0.1) is 4.90 Å². The zero-order valence-corrected chi connectivity index (χ0v) is 20.8. The van der Waals surface area contributed by atoms with Gasteiger partial charge in [0, 0.05) is 43.8 Å². The van der Waals surface area contributed by atoms with Crippen molar-refractivity contribution in [3.05, 3.63) is 66.4 Å². The smallest absolute Gasteiger partial charge is 0.261 e. The standard InChI is InChI=1S/C24H30N6O2S.ClH/c1-2-3-4-19-5-11-22(12-6-19)33(31,32)29-21-9-7-20(8-10-21)27-23-13-14-26-24(28-23)30-17-15-25-16-18-30;/h5-14,25,29H,2-4,15-18H2,1H3,(H,26,27,28);1H. The average molecular weight is 503 g/mol. The Morgan fingerprint density at radius 1 is 0.971 bits per heavy atom. The Labute approximate surface area is 207 Å². The number of benzene rings is 2. The Morgan fingerprint density at radius 3 is 2.32 bits per heavy atom. The number of piperazine rings is 1. The molecule has 2 heterocycles. The Kier molecular flexibility index (Phi) is 9.09. The summed E-state index contributed by atoms with van der Waals surface area (Å²) in [5.41, 5.74) is 2.46. The van der Waals surface area contributed by atoms with Crippen LogP contribution in [0.2, 0.25) is 0 Å². The number of halogens is 1. The number of aryl methyl sites for hydroxylation is 1. The van der Waals surface area contributed by atoms with Crippen LogP contribution in [0, 0.1) is 0 Å². The predicted molar refractivity (Wildman–Crippen MR) is 140 cm³/mol. The maximum atomic E-state index is 12.7. The van der Waals surface area contributed by atoms with Crippen molar-refractivity contribution < 1.29 is 8.42 Å². The van der Waals surface area contributed by atoms with Gasteiger partial charge in [-0.25, -0.2) is 13.4 Å². The zero-order chi connectivity index (χ0) is 23.1. The fourth-order valence-electron chi connectivity index (χ4n) is 3.63. The third-order valence-corrected chi connectivity index (χ3v) is 6.90. The third-order valence-electron chi connectivity index (χ3n) is 5.50. The summed E-state index contributed by atoms with van der Waals surface area (Å²) in [4.78, 5) is 11.4. The molecule has 1 aromatic heterocycles. The summed E-state index contributed by atoms with van der Waals surface area (Å²) < 4.78 is 28.1. The van der Waals surface area contributed by atoms with E-state index in [9.17, 15) is 8.42 Å². The summed E-state index contributed by atoms with van der Waals surface area (Å²) in [5, 5.41) is 6.58. The number of nitrogens with one attached hydrogen (secondary N) is 3. The molecule has 2 aromatic carbocycles. The average Bonchev–Trinajstić information content (AvgIpc) is 2.85. The van der Waals surface area contributed by atoms with E-state index < -0.39 is 10.0 Å². The molecule has 4 rings (SSSR count). The fourth-order valence-corrected chi connectivity index (χ4v) is 4.69. The maximum absolute atomic E-state index is 12.7. The summed E-state index contributed by atoms with van der Waals surface area (Å²) in [5.74, 6) is 1.39. The van der Waals surface area contributed by atoms with E-state index in [-0.39, 0.29) is 17.3 Å². The SMILES string of the molecule is CCCCc1ccc(S(=O)(=O)Nc2ccc(Nc3ccnc(N4CCNCC4)n3)cc2)cc1.Cl. The van der Waals surface area contributed by atoms with Gasteiger partial charge in [-0.2, -0.15) is 4.98 Å². The lowest BCUT2D eigenvalue weighted by Gasteiger charge is -2.27. The largest absolute Gasteiger partial charge is 0.340 e. The van der Waals surface area contributed by atoms with Gasteiger partial charge in [-0.3, -0.25) is 4.72 Å². The Morgan fingerprint density at radius 2 is 1.65 bits per heavy atom. The highest BCUT2D eigenvalue weighted by atomic mass is 35.5. The second-order valence-electron chi connectivity index (χ2n) is 8.03. The van der Waals surface area contributed by atoms with Gasteiger partial charge >= 0.3 is 0 Å². The summed E-state index contributed by atoms with van der Waals surface area (Å²) in [6, 6.07) is 16.0. The van der Waals surface area contributed by atoms with Crippen molar-refractivity contribution in [3.8, 4) is 0 Å². The van der Waals surface area contributed by atoms with Crippen LogP contribution in [0.5, 0.6) is 0 Å². The molecular formula is C24H31ClN6O2S. The third kappa shape index (κ3) is 6.82. The first-order valence-corrected chi connectivity index (χ1v) is 12.8. The second-order valence-corrected chi connectivity index (χ2v) is 9.72. The van der Waals surface area contributed by atoms with Crippen LogP contribution in [0.4, 0.5) is 23.1 Å². The molecule has 1 saturated heterocycles. The molecule has 182 valence electrons. The minimum Gasteiger partial charge on any atom is -0.340 e. The molecule has 1 aliphatic heterocycles. The van der Waals surface area contributed by atoms with Crippen LogP contribution < -0.4 is 20.3 Å². The van der Waals surface area contributed by atoms with Crippen LogP contribution in [0.3, 0.4) is 0 Å². The van der Waals surface area contributed by atoms with E-state index in [0.29, 0.717) is 17.5 Å². The summed E-state index contributed by atoms with van der Waals surface area (Å²) >= 11 is 0. The van der Waals surface area contributed by atoms with E-state index >= 15 is 0 Å². The van der Waals surface area contributed by atoms with Crippen LogP contribution in [-0.2, 0) is 16.4 Å². The fraction of sp³-hybridized carbons (Fsp3) is 0.333. The molecule has 0 amide bonds. The molecule has 0 aliphatic carbocycles. The highest BCUT2D eigenvalue weighted by Crippen LogP contribution is 2.22. The summed E-state index contributed by atoms with van der Waals surface area (Å²) in [7, 11) is -3.64. The number of anilines is 4. The topological polar surface area (TPSA) is 99.2 Å². The summed E-state index contributed by atoms with van der Waals surface area (Å²) in [6.45, 7) is 5.73. The van der Waals surface area contributed by atoms with Crippen LogP contribution in [-0.4, -0.2) is 44.6 Å². The Balaban J connectivity index is 0.00000324. The van der Waals surface area contributed by atoms with Crippen LogP contribution in [0.25, 0.3) is 0 Å². The van der Waals surface area contributed by atoms with Crippen molar-refractivity contribution in [1.29, 1.82) is 0 Å². The summed E-state index contributed by atoms with van der Waals surface area (Å²) in [6.07, 6.45) is 4.91. The quantitative estimate of drug-likeness (QED) is 0.403. The van der Waals surface area contributed by atoms with Crippen molar-refractivity contribution in [1.82, 2.24) is 15.3 Å².